The Kier molecular flexibility index (Phi) is 8.06. The number of amides is 1. The highest BCUT2D eigenvalue weighted by molar-refractivity contribution is 7.89. The van der Waals surface area contributed by atoms with Gasteiger partial charge in [0.25, 0.3) is 0 Å². The third-order valence-corrected chi connectivity index (χ3v) is 9.20. The van der Waals surface area contributed by atoms with Crippen LogP contribution in [-0.4, -0.2) is 58.5 Å². The number of benzene rings is 2. The van der Waals surface area contributed by atoms with Crippen molar-refractivity contribution < 1.29 is 21.6 Å². The Morgan fingerprint density at radius 1 is 0.909 bits per heavy atom. The number of carbonyl (C=O) groups is 1. The zero-order valence-electron chi connectivity index (χ0n) is 18.8. The number of hydrogen-bond acceptors (Lipinski definition) is 5. The van der Waals surface area contributed by atoms with Crippen LogP contribution in [0.5, 0.6) is 0 Å². The van der Waals surface area contributed by atoms with E-state index in [2.05, 4.69) is 5.32 Å². The molecule has 10 heteroatoms. The van der Waals surface area contributed by atoms with E-state index < -0.39 is 26.0 Å². The number of rotatable bonds is 7. The average molecular weight is 492 g/mol. The van der Waals surface area contributed by atoms with Crippen molar-refractivity contribution in [3.8, 4) is 0 Å². The molecule has 33 heavy (non-hydrogen) atoms. The van der Waals surface area contributed by atoms with Crippen LogP contribution in [0.15, 0.2) is 64.4 Å². The zero-order chi connectivity index (χ0) is 24.1. The molecule has 1 N–H and O–H groups in total. The minimum Gasteiger partial charge on any atom is -0.321 e. The van der Waals surface area contributed by atoms with Gasteiger partial charge in [-0.2, -0.15) is 4.31 Å². The largest absolute Gasteiger partial charge is 0.321 e. The summed E-state index contributed by atoms with van der Waals surface area (Å²) in [6, 6.07) is 12.5. The van der Waals surface area contributed by atoms with Crippen LogP contribution in [-0.2, 0) is 24.8 Å². The normalized spacial score (nSPS) is 16.1. The summed E-state index contributed by atoms with van der Waals surface area (Å²) >= 11 is 0. The van der Waals surface area contributed by atoms with Gasteiger partial charge in [-0.15, -0.1) is 0 Å². The fourth-order valence-electron chi connectivity index (χ4n) is 3.52. The number of hydrogen-bond donors (Lipinski definition) is 1. The van der Waals surface area contributed by atoms with Crippen LogP contribution in [0.2, 0.25) is 0 Å². The molecular formula is C23H29N3O5S2. The number of sulfonamides is 2. The summed E-state index contributed by atoms with van der Waals surface area (Å²) in [6.07, 6.45) is 6.65. The Morgan fingerprint density at radius 2 is 1.52 bits per heavy atom. The third kappa shape index (κ3) is 6.08. The predicted molar refractivity (Wildman–Crippen MR) is 129 cm³/mol. The molecule has 0 aliphatic carbocycles. The molecule has 1 aliphatic rings. The van der Waals surface area contributed by atoms with Crippen molar-refractivity contribution in [1.29, 1.82) is 0 Å². The first-order valence-corrected chi connectivity index (χ1v) is 13.6. The van der Waals surface area contributed by atoms with E-state index in [0.717, 1.165) is 30.0 Å². The highest BCUT2D eigenvalue weighted by Gasteiger charge is 2.25. The fraction of sp³-hybridized carbons (Fsp3) is 0.348. The first-order valence-electron chi connectivity index (χ1n) is 10.7. The van der Waals surface area contributed by atoms with Gasteiger partial charge in [0.05, 0.1) is 10.6 Å². The molecule has 1 amide bonds. The van der Waals surface area contributed by atoms with Crippen LogP contribution in [0.1, 0.15) is 31.2 Å². The summed E-state index contributed by atoms with van der Waals surface area (Å²) in [6.45, 7) is 1.07. The van der Waals surface area contributed by atoms with Crippen molar-refractivity contribution >= 4 is 37.7 Å². The third-order valence-electron chi connectivity index (χ3n) is 5.41. The number of nitrogens with zero attached hydrogens (tertiary/aromatic N) is 2. The van der Waals surface area contributed by atoms with Gasteiger partial charge in [-0.3, -0.25) is 4.79 Å². The quantitative estimate of drug-likeness (QED) is 0.599. The maximum absolute atomic E-state index is 12.9. The van der Waals surface area contributed by atoms with Crippen LogP contribution in [0, 0.1) is 0 Å². The highest BCUT2D eigenvalue weighted by atomic mass is 32.2. The number of para-hydroxylation sites is 1. The molecule has 178 valence electrons. The van der Waals surface area contributed by atoms with Gasteiger partial charge >= 0.3 is 0 Å². The molecule has 0 atom stereocenters. The topological polar surface area (TPSA) is 104 Å². The number of nitrogens with one attached hydrogen (secondary N) is 1. The van der Waals surface area contributed by atoms with E-state index in [1.165, 1.54) is 48.7 Å². The molecule has 8 nitrogen and oxygen atoms in total. The lowest BCUT2D eigenvalue weighted by Gasteiger charge is -2.19. The smallest absolute Gasteiger partial charge is 0.248 e. The van der Waals surface area contributed by atoms with E-state index in [-0.39, 0.29) is 15.5 Å². The van der Waals surface area contributed by atoms with Gasteiger partial charge in [0, 0.05) is 33.3 Å². The molecule has 1 saturated heterocycles. The molecule has 0 radical (unpaired) electrons. The molecule has 0 unspecified atom stereocenters. The van der Waals surface area contributed by atoms with Crippen molar-refractivity contribution in [3.05, 3.63) is 60.2 Å². The van der Waals surface area contributed by atoms with Crippen molar-refractivity contribution in [2.75, 3.05) is 32.5 Å². The van der Waals surface area contributed by atoms with Crippen molar-refractivity contribution in [1.82, 2.24) is 8.61 Å². The van der Waals surface area contributed by atoms with Gasteiger partial charge in [-0.25, -0.2) is 21.1 Å². The van der Waals surface area contributed by atoms with Crippen molar-refractivity contribution in [3.63, 3.8) is 0 Å². The van der Waals surface area contributed by atoms with Crippen LogP contribution in [0.3, 0.4) is 0 Å². The van der Waals surface area contributed by atoms with Gasteiger partial charge in [0.1, 0.15) is 4.90 Å². The van der Waals surface area contributed by atoms with E-state index in [9.17, 15) is 21.6 Å². The van der Waals surface area contributed by atoms with Crippen LogP contribution < -0.4 is 5.32 Å². The Morgan fingerprint density at radius 3 is 2.12 bits per heavy atom. The van der Waals surface area contributed by atoms with Gasteiger partial charge in [0.15, 0.2) is 0 Å². The summed E-state index contributed by atoms with van der Waals surface area (Å²) in [7, 11) is -4.41. The Balaban J connectivity index is 1.71. The standard InChI is InChI=1S/C23H29N3O5S2/c1-25(2)33(30,31)22-10-6-5-9-21(22)24-23(27)16-13-19-11-14-20(15-12-19)32(28,29)26-17-7-3-4-8-18-26/h5-6,9-16H,3-4,7-8,17-18H2,1-2H3,(H,24,27)/b16-13+. The maximum Gasteiger partial charge on any atom is 0.248 e. The average Bonchev–Trinajstić information content (AvgIpc) is 3.08. The molecule has 0 saturated carbocycles. The molecule has 1 fully saturated rings. The first-order chi connectivity index (χ1) is 15.6. The second kappa shape index (κ2) is 10.6. The molecule has 1 heterocycles. The molecule has 0 bridgehead atoms. The summed E-state index contributed by atoms with van der Waals surface area (Å²) in [4.78, 5) is 12.6. The molecule has 0 aromatic heterocycles. The summed E-state index contributed by atoms with van der Waals surface area (Å²) < 4.78 is 53.3. The van der Waals surface area contributed by atoms with Gasteiger partial charge < -0.3 is 5.32 Å². The molecule has 2 aromatic rings. The van der Waals surface area contributed by atoms with Gasteiger partial charge in [-0.05, 0) is 48.7 Å². The molecular weight excluding hydrogens is 462 g/mol. The lowest BCUT2D eigenvalue weighted by molar-refractivity contribution is -0.111. The van der Waals surface area contributed by atoms with Gasteiger partial charge in [-0.1, -0.05) is 37.1 Å². The van der Waals surface area contributed by atoms with Crippen LogP contribution in [0.25, 0.3) is 6.08 Å². The summed E-state index contributed by atoms with van der Waals surface area (Å²) in [5.74, 6) is -0.502. The monoisotopic (exact) mass is 491 g/mol. The lowest BCUT2D eigenvalue weighted by atomic mass is 10.2. The molecule has 0 spiro atoms. The maximum atomic E-state index is 12.9. The summed E-state index contributed by atoms with van der Waals surface area (Å²) in [5.41, 5.74) is 0.828. The van der Waals surface area contributed by atoms with Crippen LogP contribution >= 0.6 is 0 Å². The minimum atomic E-state index is -3.72. The lowest BCUT2D eigenvalue weighted by Crippen LogP contribution is -2.31. The number of carbonyl (C=O) groups excluding carboxylic acids is 1. The van der Waals surface area contributed by atoms with E-state index in [0.29, 0.717) is 18.7 Å². The van der Waals surface area contributed by atoms with Gasteiger partial charge in [0.2, 0.25) is 26.0 Å². The highest BCUT2D eigenvalue weighted by Crippen LogP contribution is 2.24. The minimum absolute atomic E-state index is 0.000165. The van der Waals surface area contributed by atoms with E-state index >= 15 is 0 Å². The Hall–Kier alpha value is -2.53. The number of anilines is 1. The SMILES string of the molecule is CN(C)S(=O)(=O)c1ccccc1NC(=O)/C=C/c1ccc(S(=O)(=O)N2CCCCCC2)cc1. The van der Waals surface area contributed by atoms with Crippen molar-refractivity contribution in [2.45, 2.75) is 35.5 Å². The fourth-order valence-corrected chi connectivity index (χ4v) is 6.08. The zero-order valence-corrected chi connectivity index (χ0v) is 20.4. The second-order valence-electron chi connectivity index (χ2n) is 7.99. The first kappa shape index (κ1) is 25.1. The van der Waals surface area contributed by atoms with Crippen LogP contribution in [0.4, 0.5) is 5.69 Å². The molecule has 3 rings (SSSR count). The van der Waals surface area contributed by atoms with E-state index in [4.69, 9.17) is 0 Å². The molecule has 1 aliphatic heterocycles. The predicted octanol–water partition coefficient (Wildman–Crippen LogP) is 3.15. The second-order valence-corrected chi connectivity index (χ2v) is 12.1. The molecule has 2 aromatic carbocycles. The summed E-state index contributed by atoms with van der Waals surface area (Å²) in [5, 5.41) is 2.59. The van der Waals surface area contributed by atoms with E-state index in [1.54, 1.807) is 30.3 Å². The Bertz CT molecular complexity index is 1210. The van der Waals surface area contributed by atoms with E-state index in [1.807, 2.05) is 0 Å². The van der Waals surface area contributed by atoms with Crippen molar-refractivity contribution in [2.24, 2.45) is 0 Å². The Labute approximate surface area is 196 Å².